The van der Waals surface area contributed by atoms with Crippen molar-refractivity contribution in [3.63, 3.8) is 0 Å². The van der Waals surface area contributed by atoms with Crippen LogP contribution in [0.3, 0.4) is 0 Å². The number of thiophene rings is 1. The number of aryl methyl sites for hydroxylation is 1. The van der Waals surface area contributed by atoms with Crippen LogP contribution in [-0.4, -0.2) is 30.4 Å². The van der Waals surface area contributed by atoms with Gasteiger partial charge in [0, 0.05) is 13.6 Å². The minimum atomic E-state index is -0.441. The normalized spacial score (nSPS) is 10.2. The van der Waals surface area contributed by atoms with Crippen LogP contribution in [-0.2, 0) is 16.1 Å². The van der Waals surface area contributed by atoms with Crippen LogP contribution >= 0.6 is 11.3 Å². The summed E-state index contributed by atoms with van der Waals surface area (Å²) < 4.78 is 5.07. The number of hydrogen-bond donors (Lipinski definition) is 0. The number of esters is 1. The molecule has 0 bridgehead atoms. The van der Waals surface area contributed by atoms with Gasteiger partial charge in [0.1, 0.15) is 4.88 Å². The lowest BCUT2D eigenvalue weighted by Crippen LogP contribution is -2.30. The zero-order valence-corrected chi connectivity index (χ0v) is 12.9. The van der Waals surface area contributed by atoms with E-state index in [1.165, 1.54) is 11.3 Å². The highest BCUT2D eigenvalue weighted by molar-refractivity contribution is 7.12. The molecule has 1 aromatic heterocycles. The van der Waals surface area contributed by atoms with Crippen molar-refractivity contribution in [3.8, 4) is 0 Å². The van der Waals surface area contributed by atoms with Gasteiger partial charge in [-0.2, -0.15) is 0 Å². The number of hydrogen-bond acceptors (Lipinski definition) is 4. The number of nitrogens with zero attached hydrogens (tertiary/aromatic N) is 1. The summed E-state index contributed by atoms with van der Waals surface area (Å²) >= 11 is 1.32. The molecule has 5 heteroatoms. The summed E-state index contributed by atoms with van der Waals surface area (Å²) in [5.74, 6) is -0.662. The average Bonchev–Trinajstić information content (AvgIpc) is 2.91. The topological polar surface area (TPSA) is 46.6 Å². The molecule has 4 nitrogen and oxygen atoms in total. The molecule has 110 valence electrons. The molecule has 1 aromatic carbocycles. The molecule has 2 rings (SSSR count). The first-order chi connectivity index (χ1) is 10.1. The zero-order chi connectivity index (χ0) is 15.2. The van der Waals surface area contributed by atoms with E-state index < -0.39 is 5.97 Å². The third kappa shape index (κ3) is 4.16. The molecule has 0 unspecified atom stereocenters. The summed E-state index contributed by atoms with van der Waals surface area (Å²) in [6.07, 6.45) is 0. The summed E-state index contributed by atoms with van der Waals surface area (Å²) in [4.78, 5) is 25.9. The number of likely N-dealkylation sites (N-methyl/N-ethyl adjacent to an activating group) is 1. The van der Waals surface area contributed by atoms with Gasteiger partial charge >= 0.3 is 5.97 Å². The highest BCUT2D eigenvalue weighted by Crippen LogP contribution is 2.16. The molecule has 0 N–H and O–H groups in total. The second-order valence-corrected chi connectivity index (χ2v) is 5.66. The van der Waals surface area contributed by atoms with Gasteiger partial charge in [0.25, 0.3) is 5.91 Å². The second kappa shape index (κ2) is 7.04. The highest BCUT2D eigenvalue weighted by atomic mass is 32.1. The molecule has 2 aromatic rings. The largest absolute Gasteiger partial charge is 0.451 e. The SMILES string of the molecule is Cc1ccsc1C(=O)OCC(=O)N(C)Cc1ccccc1. The number of benzene rings is 1. The lowest BCUT2D eigenvalue weighted by atomic mass is 10.2. The molecule has 1 heterocycles. The Labute approximate surface area is 128 Å². The predicted molar refractivity (Wildman–Crippen MR) is 82.3 cm³/mol. The van der Waals surface area contributed by atoms with Crippen molar-refractivity contribution in [2.75, 3.05) is 13.7 Å². The Morgan fingerprint density at radius 1 is 1.19 bits per heavy atom. The van der Waals surface area contributed by atoms with Crippen molar-refractivity contribution >= 4 is 23.2 Å². The van der Waals surface area contributed by atoms with Crippen LogP contribution in [0.25, 0.3) is 0 Å². The molecule has 0 aliphatic carbocycles. The van der Waals surface area contributed by atoms with E-state index in [-0.39, 0.29) is 12.5 Å². The van der Waals surface area contributed by atoms with E-state index in [0.717, 1.165) is 11.1 Å². The fraction of sp³-hybridized carbons (Fsp3) is 0.250. The second-order valence-electron chi connectivity index (χ2n) is 4.74. The van der Waals surface area contributed by atoms with E-state index in [4.69, 9.17) is 4.74 Å². The lowest BCUT2D eigenvalue weighted by Gasteiger charge is -2.17. The third-order valence-electron chi connectivity index (χ3n) is 3.06. The number of carbonyl (C=O) groups is 2. The molecular formula is C16H17NO3S. The van der Waals surface area contributed by atoms with Gasteiger partial charge in [0.15, 0.2) is 6.61 Å². The Bertz CT molecular complexity index is 621. The number of rotatable bonds is 5. The molecule has 0 radical (unpaired) electrons. The van der Waals surface area contributed by atoms with Gasteiger partial charge < -0.3 is 9.64 Å². The highest BCUT2D eigenvalue weighted by Gasteiger charge is 2.16. The molecular weight excluding hydrogens is 286 g/mol. The van der Waals surface area contributed by atoms with E-state index in [1.807, 2.05) is 48.7 Å². The molecule has 0 spiro atoms. The first-order valence-electron chi connectivity index (χ1n) is 6.57. The molecule has 0 atom stereocenters. The van der Waals surface area contributed by atoms with Crippen LogP contribution in [0.4, 0.5) is 0 Å². The van der Waals surface area contributed by atoms with Gasteiger partial charge in [-0.25, -0.2) is 4.79 Å². The summed E-state index contributed by atoms with van der Waals surface area (Å²) in [5, 5.41) is 1.83. The number of ether oxygens (including phenoxy) is 1. The quantitative estimate of drug-likeness (QED) is 0.798. The third-order valence-corrected chi connectivity index (χ3v) is 4.06. The molecule has 0 saturated heterocycles. The molecule has 1 amide bonds. The van der Waals surface area contributed by atoms with Gasteiger partial charge in [-0.05, 0) is 29.5 Å². The minimum absolute atomic E-state index is 0.221. The van der Waals surface area contributed by atoms with E-state index in [2.05, 4.69) is 0 Å². The van der Waals surface area contributed by atoms with Crippen molar-refractivity contribution in [1.29, 1.82) is 0 Å². The van der Waals surface area contributed by atoms with E-state index in [0.29, 0.717) is 11.4 Å². The van der Waals surface area contributed by atoms with E-state index >= 15 is 0 Å². The predicted octanol–water partition coefficient (Wildman–Crippen LogP) is 2.87. The van der Waals surface area contributed by atoms with Crippen LogP contribution in [0.5, 0.6) is 0 Å². The fourth-order valence-electron chi connectivity index (χ4n) is 1.83. The first-order valence-corrected chi connectivity index (χ1v) is 7.45. The number of amides is 1. The van der Waals surface area contributed by atoms with E-state index in [1.54, 1.807) is 11.9 Å². The molecule has 0 saturated carbocycles. The van der Waals surface area contributed by atoms with Gasteiger partial charge in [-0.1, -0.05) is 30.3 Å². The Balaban J connectivity index is 1.84. The molecule has 21 heavy (non-hydrogen) atoms. The van der Waals surface area contributed by atoms with Crippen LogP contribution in [0.1, 0.15) is 20.8 Å². The Hall–Kier alpha value is -2.14. The molecule has 0 aliphatic heterocycles. The smallest absolute Gasteiger partial charge is 0.349 e. The summed E-state index contributed by atoms with van der Waals surface area (Å²) in [5.41, 5.74) is 1.91. The first kappa shape index (κ1) is 15.3. The Morgan fingerprint density at radius 3 is 2.52 bits per heavy atom. The Kier molecular flexibility index (Phi) is 5.11. The summed E-state index contributed by atoms with van der Waals surface area (Å²) in [6.45, 7) is 2.10. The fourth-order valence-corrected chi connectivity index (χ4v) is 2.65. The van der Waals surface area contributed by atoms with Crippen LogP contribution in [0.15, 0.2) is 41.8 Å². The molecule has 0 aliphatic rings. The van der Waals surface area contributed by atoms with Gasteiger partial charge in [-0.15, -0.1) is 11.3 Å². The summed E-state index contributed by atoms with van der Waals surface area (Å²) in [7, 11) is 1.69. The maximum atomic E-state index is 12.0. The van der Waals surface area contributed by atoms with Crippen LogP contribution < -0.4 is 0 Å². The molecule has 0 fully saturated rings. The summed E-state index contributed by atoms with van der Waals surface area (Å²) in [6, 6.07) is 11.5. The Morgan fingerprint density at radius 2 is 1.90 bits per heavy atom. The zero-order valence-electron chi connectivity index (χ0n) is 12.0. The number of carbonyl (C=O) groups excluding carboxylic acids is 2. The van der Waals surface area contributed by atoms with Crippen molar-refractivity contribution in [1.82, 2.24) is 4.90 Å². The van der Waals surface area contributed by atoms with Crippen molar-refractivity contribution < 1.29 is 14.3 Å². The maximum absolute atomic E-state index is 12.0. The van der Waals surface area contributed by atoms with Crippen molar-refractivity contribution in [2.45, 2.75) is 13.5 Å². The van der Waals surface area contributed by atoms with Crippen molar-refractivity contribution in [3.05, 3.63) is 57.8 Å². The van der Waals surface area contributed by atoms with Gasteiger partial charge in [0.2, 0.25) is 0 Å². The van der Waals surface area contributed by atoms with E-state index in [9.17, 15) is 9.59 Å². The van der Waals surface area contributed by atoms with Gasteiger partial charge in [0.05, 0.1) is 0 Å². The van der Waals surface area contributed by atoms with Crippen LogP contribution in [0, 0.1) is 6.92 Å². The minimum Gasteiger partial charge on any atom is -0.451 e. The lowest BCUT2D eigenvalue weighted by molar-refractivity contribution is -0.133. The van der Waals surface area contributed by atoms with Crippen molar-refractivity contribution in [2.24, 2.45) is 0 Å². The average molecular weight is 303 g/mol. The maximum Gasteiger partial charge on any atom is 0.349 e. The monoisotopic (exact) mass is 303 g/mol. The standard InChI is InChI=1S/C16H17NO3S/c1-12-8-9-21-15(12)16(19)20-11-14(18)17(2)10-13-6-4-3-5-7-13/h3-9H,10-11H2,1-2H3. The van der Waals surface area contributed by atoms with Gasteiger partial charge in [-0.3, -0.25) is 4.79 Å². The van der Waals surface area contributed by atoms with Crippen LogP contribution in [0.2, 0.25) is 0 Å².